The molecule has 4 heteroatoms. The maximum atomic E-state index is 2.41. The third-order valence-electron chi connectivity index (χ3n) is 29.1. The van der Waals surface area contributed by atoms with E-state index in [4.69, 9.17) is 0 Å². The molecule has 0 unspecified atom stereocenters. The Morgan fingerprint density at radius 2 is 0.358 bits per heavy atom. The van der Waals surface area contributed by atoms with Crippen LogP contribution in [0.25, 0.3) is 166 Å². The molecular formula is C130H98N4. The molecule has 0 amide bonds. The fourth-order valence-electron chi connectivity index (χ4n) is 22.0. The van der Waals surface area contributed by atoms with Gasteiger partial charge in [0.1, 0.15) is 0 Å². The summed E-state index contributed by atoms with van der Waals surface area (Å²) in [5.41, 5.74) is 48.2. The number of anilines is 6. The van der Waals surface area contributed by atoms with Crippen LogP contribution >= 0.6 is 0 Å². The van der Waals surface area contributed by atoms with Crippen LogP contribution in [0.3, 0.4) is 0 Å². The zero-order valence-corrected chi connectivity index (χ0v) is 76.2. The van der Waals surface area contributed by atoms with Gasteiger partial charge in [-0.3, -0.25) is 0 Å². The van der Waals surface area contributed by atoms with Crippen molar-refractivity contribution in [1.82, 2.24) is 9.13 Å². The van der Waals surface area contributed by atoms with E-state index in [0.29, 0.717) is 0 Å². The molecule has 3 aliphatic carbocycles. The van der Waals surface area contributed by atoms with Gasteiger partial charge in [-0.25, -0.2) is 0 Å². The molecule has 0 saturated carbocycles. The van der Waals surface area contributed by atoms with E-state index < -0.39 is 0 Å². The SMILES string of the molecule is CC1(C)c2ccccc2-c2ccc(-c3ccc(N(c4ccc(-c5ccc6c(c5)C(C)(C)c5ccccc5-6)cc4)c4ccc(-c5ccc6c(c5)c5cc(-c7ccccc7)ccc5n6-c5ccccc5)cc4)cc3)cc21.Cc1ccc(N(c2ccc(-c3ccc4c(c3)C(C)(C)c3ccccc3-4)cc2)c2ccc(-c3ccc4c(c3)c3cc(-c5ccccc5)ccc3n4-c3ccccc3)cc2)cc1. The van der Waals surface area contributed by atoms with Gasteiger partial charge in [-0.1, -0.05) is 350 Å². The Hall–Kier alpha value is -16.4. The van der Waals surface area contributed by atoms with Crippen LogP contribution in [-0.2, 0) is 16.2 Å². The topological polar surface area (TPSA) is 16.3 Å². The lowest BCUT2D eigenvalue weighted by atomic mass is 9.81. The van der Waals surface area contributed by atoms with Gasteiger partial charge in [0.05, 0.1) is 22.1 Å². The van der Waals surface area contributed by atoms with Crippen LogP contribution in [-0.4, -0.2) is 9.13 Å². The molecule has 0 bridgehead atoms. The molecule has 22 aromatic rings. The van der Waals surface area contributed by atoms with Gasteiger partial charge in [-0.2, -0.15) is 0 Å². The first-order chi connectivity index (χ1) is 65.6. The first-order valence-electron chi connectivity index (χ1n) is 46.9. The van der Waals surface area contributed by atoms with Crippen LogP contribution in [0, 0.1) is 6.92 Å². The second-order valence-corrected chi connectivity index (χ2v) is 38.0. The first-order valence-corrected chi connectivity index (χ1v) is 46.9. The zero-order chi connectivity index (χ0) is 90.1. The first kappa shape index (κ1) is 80.9. The van der Waals surface area contributed by atoms with Crippen molar-refractivity contribution in [2.75, 3.05) is 9.80 Å². The quantitative estimate of drug-likeness (QED) is 0.102. The number of benzene rings is 20. The smallest absolute Gasteiger partial charge is 0.0541 e. The molecule has 134 heavy (non-hydrogen) atoms. The Morgan fingerprint density at radius 3 is 0.619 bits per heavy atom. The molecular weight excluding hydrogens is 1620 g/mol. The molecule has 25 rings (SSSR count). The Labute approximate surface area is 784 Å². The second-order valence-electron chi connectivity index (χ2n) is 38.0. The number of aromatic nitrogens is 2. The molecule has 0 aliphatic heterocycles. The Morgan fingerprint density at radius 1 is 0.164 bits per heavy atom. The molecule has 0 radical (unpaired) electrons. The van der Waals surface area contributed by atoms with Crippen LogP contribution in [0.1, 0.15) is 80.5 Å². The van der Waals surface area contributed by atoms with E-state index in [1.807, 2.05) is 0 Å². The van der Waals surface area contributed by atoms with E-state index >= 15 is 0 Å². The largest absolute Gasteiger partial charge is 0.311 e. The Kier molecular flexibility index (Phi) is 19.5. The highest BCUT2D eigenvalue weighted by Crippen LogP contribution is 2.55. The molecule has 638 valence electrons. The number of nitrogens with zero attached hydrogens (tertiary/aromatic N) is 4. The second kappa shape index (κ2) is 32.3. The maximum Gasteiger partial charge on any atom is 0.0541 e. The molecule has 0 N–H and O–H groups in total. The predicted molar refractivity (Wildman–Crippen MR) is 566 cm³/mol. The summed E-state index contributed by atoms with van der Waals surface area (Å²) in [6.45, 7) is 16.3. The average Bonchev–Trinajstić information content (AvgIpc) is 1.64. The maximum absolute atomic E-state index is 2.41. The minimum absolute atomic E-state index is 0.0328. The van der Waals surface area contributed by atoms with Crippen LogP contribution < -0.4 is 9.80 Å². The number of para-hydroxylation sites is 2. The van der Waals surface area contributed by atoms with Crippen molar-refractivity contribution < 1.29 is 0 Å². The summed E-state index contributed by atoms with van der Waals surface area (Å²) in [7, 11) is 0. The lowest BCUT2D eigenvalue weighted by molar-refractivity contribution is 0.660. The monoisotopic (exact) mass is 1710 g/mol. The summed E-state index contributed by atoms with van der Waals surface area (Å²) < 4.78 is 4.79. The normalized spacial score (nSPS) is 13.2. The third kappa shape index (κ3) is 13.8. The van der Waals surface area contributed by atoms with Crippen molar-refractivity contribution >= 4 is 77.7 Å². The van der Waals surface area contributed by atoms with Gasteiger partial charge in [0, 0.05) is 83.3 Å². The van der Waals surface area contributed by atoms with Gasteiger partial charge in [0.2, 0.25) is 0 Å². The Balaban J connectivity index is 0.000000150. The molecule has 0 saturated heterocycles. The molecule has 3 aliphatic rings. The number of hydrogen-bond donors (Lipinski definition) is 0. The highest BCUT2D eigenvalue weighted by atomic mass is 15.1. The molecule has 0 fully saturated rings. The molecule has 20 aromatic carbocycles. The lowest BCUT2D eigenvalue weighted by Gasteiger charge is -2.26. The molecule has 0 spiro atoms. The van der Waals surface area contributed by atoms with Crippen molar-refractivity contribution in [1.29, 1.82) is 0 Å². The average molecular weight is 1720 g/mol. The van der Waals surface area contributed by atoms with E-state index in [0.717, 1.165) is 45.5 Å². The van der Waals surface area contributed by atoms with Crippen molar-refractivity contribution in [3.63, 3.8) is 0 Å². The van der Waals surface area contributed by atoms with Gasteiger partial charge >= 0.3 is 0 Å². The van der Waals surface area contributed by atoms with Crippen molar-refractivity contribution in [3.05, 3.63) is 506 Å². The van der Waals surface area contributed by atoms with Gasteiger partial charge in [-0.05, 0) is 315 Å². The lowest BCUT2D eigenvalue weighted by Crippen LogP contribution is -2.14. The minimum Gasteiger partial charge on any atom is -0.311 e. The zero-order valence-electron chi connectivity index (χ0n) is 76.2. The van der Waals surface area contributed by atoms with Crippen LogP contribution in [0.2, 0.25) is 0 Å². The summed E-state index contributed by atoms with van der Waals surface area (Å²) in [6, 6.07) is 172. The summed E-state index contributed by atoms with van der Waals surface area (Å²) >= 11 is 0. The van der Waals surface area contributed by atoms with Crippen molar-refractivity contribution in [2.45, 2.75) is 64.7 Å². The van der Waals surface area contributed by atoms with E-state index in [2.05, 4.69) is 535 Å². The number of rotatable bonds is 15. The summed E-state index contributed by atoms with van der Waals surface area (Å²) in [5, 5.41) is 4.96. The van der Waals surface area contributed by atoms with Gasteiger partial charge < -0.3 is 18.9 Å². The van der Waals surface area contributed by atoms with Crippen molar-refractivity contribution in [3.8, 4) is 123 Å². The molecule has 0 atom stereocenters. The third-order valence-corrected chi connectivity index (χ3v) is 29.1. The van der Waals surface area contributed by atoms with E-state index in [9.17, 15) is 0 Å². The molecule has 2 heterocycles. The standard InChI is InChI=1S/C72H54N2.C58H44N2/c1-71(2)65-21-13-11-19-59(65)61-39-29-53(45-67(61)71)49-25-35-57(36-26-49)73(58-37-27-50(28-38-58)54-30-40-62-60-20-12-14-22-66(60)72(3,4)68(62)46-54)56-33-23-48(24-34-56)52-32-42-70-64(44-52)63-43-51(47-15-7-5-8-16-47)31-41-69(63)74(70)55-17-9-6-10-18-55;1-39-18-27-47(28-19-39)59(49-31-22-42(23-32-49)45-24-33-51-50-16-10-11-17-54(50)58(2,3)55(51)38-45)48-29-20-41(21-30-48)44-26-35-57-53(37-44)52-36-43(40-12-6-4-7-13-40)25-34-56(52)60(57)46-14-8-5-9-15-46/h5-46H,1-4H3;4-38H,1-3H3. The summed E-state index contributed by atoms with van der Waals surface area (Å²) in [4.78, 5) is 4.75. The highest BCUT2D eigenvalue weighted by Gasteiger charge is 2.39. The van der Waals surface area contributed by atoms with Gasteiger partial charge in [0.25, 0.3) is 0 Å². The summed E-state index contributed by atoms with van der Waals surface area (Å²) in [6.07, 6.45) is 0. The van der Waals surface area contributed by atoms with Crippen LogP contribution in [0.4, 0.5) is 34.1 Å². The number of aryl methyl sites for hydroxylation is 1. The van der Waals surface area contributed by atoms with Gasteiger partial charge in [0.15, 0.2) is 0 Å². The highest BCUT2D eigenvalue weighted by molar-refractivity contribution is 6.13. The Bertz CT molecular complexity index is 8160. The molecule has 4 nitrogen and oxygen atoms in total. The fourth-order valence-corrected chi connectivity index (χ4v) is 22.0. The van der Waals surface area contributed by atoms with Gasteiger partial charge in [-0.15, -0.1) is 0 Å². The number of hydrogen-bond acceptors (Lipinski definition) is 2. The van der Waals surface area contributed by atoms with Crippen molar-refractivity contribution in [2.24, 2.45) is 0 Å². The van der Waals surface area contributed by atoms with Crippen LogP contribution in [0.15, 0.2) is 467 Å². The molecule has 2 aromatic heterocycles. The van der Waals surface area contributed by atoms with Crippen LogP contribution in [0.5, 0.6) is 0 Å². The van der Waals surface area contributed by atoms with E-state index in [-0.39, 0.29) is 16.2 Å². The predicted octanol–water partition coefficient (Wildman–Crippen LogP) is 35.4. The summed E-state index contributed by atoms with van der Waals surface area (Å²) in [5.74, 6) is 0. The minimum atomic E-state index is -0.0588. The van der Waals surface area contributed by atoms with E-state index in [1.54, 1.807) is 0 Å². The fraction of sp³-hybridized carbons (Fsp3) is 0.0769. The van der Waals surface area contributed by atoms with E-state index in [1.165, 1.54) is 194 Å². The number of fused-ring (bicyclic) bond motifs is 15.